The van der Waals surface area contributed by atoms with E-state index in [9.17, 15) is 4.79 Å². The number of aliphatic carboxylic acids is 1. The second-order valence-corrected chi connectivity index (χ2v) is 5.31. The summed E-state index contributed by atoms with van der Waals surface area (Å²) < 4.78 is 0. The largest absolute Gasteiger partial charge is 0.481 e. The Morgan fingerprint density at radius 2 is 1.69 bits per heavy atom. The number of hydrogen-bond acceptors (Lipinski definition) is 2. The van der Waals surface area contributed by atoms with Crippen molar-refractivity contribution in [3.05, 3.63) is 0 Å². The van der Waals surface area contributed by atoms with E-state index in [1.807, 2.05) is 6.92 Å². The van der Waals surface area contributed by atoms with E-state index in [4.69, 9.17) is 5.11 Å². The van der Waals surface area contributed by atoms with Crippen LogP contribution < -0.4 is 5.32 Å². The van der Waals surface area contributed by atoms with Gasteiger partial charge in [-0.1, -0.05) is 33.6 Å². The standard InChI is InChI=1S/C13H27NO2/c1-9(2)7-6-8-10(3)14-12(5)11(4)13(15)16/h9-12,14H,6-8H2,1-5H3,(H,15,16). The molecule has 0 aliphatic carbocycles. The minimum Gasteiger partial charge on any atom is -0.481 e. The van der Waals surface area contributed by atoms with Crippen molar-refractivity contribution in [2.24, 2.45) is 11.8 Å². The SMILES string of the molecule is CC(C)CCCC(C)NC(C)C(C)C(=O)O. The fourth-order valence-corrected chi connectivity index (χ4v) is 1.72. The third-order valence-corrected chi connectivity index (χ3v) is 3.11. The van der Waals surface area contributed by atoms with Gasteiger partial charge in [-0.3, -0.25) is 4.79 Å². The molecule has 0 saturated carbocycles. The van der Waals surface area contributed by atoms with Gasteiger partial charge in [-0.25, -0.2) is 0 Å². The summed E-state index contributed by atoms with van der Waals surface area (Å²) in [6.07, 6.45) is 3.57. The molecule has 0 amide bonds. The first-order chi connectivity index (χ1) is 7.34. The van der Waals surface area contributed by atoms with Crippen molar-refractivity contribution in [2.75, 3.05) is 0 Å². The van der Waals surface area contributed by atoms with Crippen molar-refractivity contribution in [1.82, 2.24) is 5.32 Å². The Morgan fingerprint density at radius 3 is 2.12 bits per heavy atom. The maximum atomic E-state index is 10.8. The van der Waals surface area contributed by atoms with E-state index >= 15 is 0 Å². The third kappa shape index (κ3) is 6.83. The molecule has 0 rings (SSSR count). The first kappa shape index (κ1) is 15.4. The molecule has 0 aromatic heterocycles. The number of carboxylic acids is 1. The molecule has 3 unspecified atom stereocenters. The molecular weight excluding hydrogens is 202 g/mol. The van der Waals surface area contributed by atoms with Crippen LogP contribution in [0, 0.1) is 11.8 Å². The molecule has 16 heavy (non-hydrogen) atoms. The van der Waals surface area contributed by atoms with Gasteiger partial charge in [0.1, 0.15) is 0 Å². The van der Waals surface area contributed by atoms with Gasteiger partial charge in [0.05, 0.1) is 5.92 Å². The van der Waals surface area contributed by atoms with E-state index < -0.39 is 5.97 Å². The number of nitrogens with one attached hydrogen (secondary N) is 1. The molecule has 0 spiro atoms. The Hall–Kier alpha value is -0.570. The van der Waals surface area contributed by atoms with Gasteiger partial charge in [0.2, 0.25) is 0 Å². The summed E-state index contributed by atoms with van der Waals surface area (Å²) in [6, 6.07) is 0.432. The van der Waals surface area contributed by atoms with E-state index in [0.717, 1.165) is 12.3 Å². The summed E-state index contributed by atoms with van der Waals surface area (Å²) in [5, 5.41) is 12.2. The predicted octanol–water partition coefficient (Wildman–Crippen LogP) is 2.90. The van der Waals surface area contributed by atoms with Crippen molar-refractivity contribution in [2.45, 2.75) is 66.0 Å². The van der Waals surface area contributed by atoms with Gasteiger partial charge in [0.15, 0.2) is 0 Å². The number of carboxylic acid groups (broad SMARTS) is 1. The van der Waals surface area contributed by atoms with Gasteiger partial charge in [-0.05, 0) is 26.2 Å². The van der Waals surface area contributed by atoms with E-state index in [-0.39, 0.29) is 12.0 Å². The van der Waals surface area contributed by atoms with Crippen molar-refractivity contribution < 1.29 is 9.90 Å². The molecule has 2 N–H and O–H groups in total. The maximum Gasteiger partial charge on any atom is 0.307 e. The Kier molecular flexibility index (Phi) is 7.39. The van der Waals surface area contributed by atoms with Crippen LogP contribution in [-0.2, 0) is 4.79 Å². The second-order valence-electron chi connectivity index (χ2n) is 5.31. The molecule has 3 atom stereocenters. The van der Waals surface area contributed by atoms with Crippen LogP contribution >= 0.6 is 0 Å². The van der Waals surface area contributed by atoms with E-state index in [1.54, 1.807) is 6.92 Å². The number of hydrogen-bond donors (Lipinski definition) is 2. The first-order valence-corrected chi connectivity index (χ1v) is 6.33. The molecule has 3 heteroatoms. The van der Waals surface area contributed by atoms with Crippen molar-refractivity contribution in [3.63, 3.8) is 0 Å². The zero-order valence-corrected chi connectivity index (χ0v) is 11.3. The molecular formula is C13H27NO2. The van der Waals surface area contributed by atoms with Gasteiger partial charge >= 0.3 is 5.97 Å². The molecule has 0 aromatic rings. The topological polar surface area (TPSA) is 49.3 Å². The van der Waals surface area contributed by atoms with Crippen LogP contribution in [-0.4, -0.2) is 23.2 Å². The van der Waals surface area contributed by atoms with Crippen LogP contribution in [0.25, 0.3) is 0 Å². The monoisotopic (exact) mass is 229 g/mol. The summed E-state index contributed by atoms with van der Waals surface area (Å²) in [5.41, 5.74) is 0. The minimum atomic E-state index is -0.727. The lowest BCUT2D eigenvalue weighted by Gasteiger charge is -2.23. The molecule has 96 valence electrons. The van der Waals surface area contributed by atoms with Crippen molar-refractivity contribution in [3.8, 4) is 0 Å². The molecule has 0 saturated heterocycles. The Balaban J connectivity index is 3.77. The molecule has 0 aliphatic heterocycles. The average molecular weight is 229 g/mol. The van der Waals surface area contributed by atoms with Crippen LogP contribution in [0.1, 0.15) is 53.9 Å². The highest BCUT2D eigenvalue weighted by Gasteiger charge is 2.20. The Labute approximate surface area is 99.6 Å². The highest BCUT2D eigenvalue weighted by Crippen LogP contribution is 2.10. The maximum absolute atomic E-state index is 10.8. The molecule has 3 nitrogen and oxygen atoms in total. The molecule has 0 heterocycles. The highest BCUT2D eigenvalue weighted by molar-refractivity contribution is 5.70. The summed E-state index contributed by atoms with van der Waals surface area (Å²) in [7, 11) is 0. The van der Waals surface area contributed by atoms with Gasteiger partial charge < -0.3 is 10.4 Å². The highest BCUT2D eigenvalue weighted by atomic mass is 16.4. The van der Waals surface area contributed by atoms with Crippen molar-refractivity contribution >= 4 is 5.97 Å². The smallest absolute Gasteiger partial charge is 0.307 e. The predicted molar refractivity (Wildman–Crippen MR) is 67.5 cm³/mol. The lowest BCUT2D eigenvalue weighted by Crippen LogP contribution is -2.41. The Bertz CT molecular complexity index is 204. The first-order valence-electron chi connectivity index (χ1n) is 6.33. The van der Waals surface area contributed by atoms with Crippen LogP contribution in [0.3, 0.4) is 0 Å². The zero-order valence-electron chi connectivity index (χ0n) is 11.3. The van der Waals surface area contributed by atoms with Gasteiger partial charge in [0.25, 0.3) is 0 Å². The van der Waals surface area contributed by atoms with Crippen LogP contribution in [0.2, 0.25) is 0 Å². The average Bonchev–Trinajstić information content (AvgIpc) is 2.15. The minimum absolute atomic E-state index is 0.0338. The normalized spacial score (nSPS) is 17.1. The zero-order chi connectivity index (χ0) is 12.7. The fraction of sp³-hybridized carbons (Fsp3) is 0.923. The lowest BCUT2D eigenvalue weighted by atomic mass is 10.0. The quantitative estimate of drug-likeness (QED) is 0.673. The molecule has 0 aromatic carbocycles. The second kappa shape index (κ2) is 7.66. The summed E-state index contributed by atoms with van der Waals surface area (Å²) >= 11 is 0. The van der Waals surface area contributed by atoms with E-state index in [1.165, 1.54) is 12.8 Å². The summed E-state index contributed by atoms with van der Waals surface area (Å²) in [4.78, 5) is 10.8. The third-order valence-electron chi connectivity index (χ3n) is 3.11. The van der Waals surface area contributed by atoms with E-state index in [2.05, 4.69) is 26.1 Å². The molecule has 0 aliphatic rings. The van der Waals surface area contributed by atoms with Gasteiger partial charge in [-0.2, -0.15) is 0 Å². The van der Waals surface area contributed by atoms with Crippen LogP contribution in [0.15, 0.2) is 0 Å². The van der Waals surface area contributed by atoms with Gasteiger partial charge in [0, 0.05) is 12.1 Å². The van der Waals surface area contributed by atoms with Crippen LogP contribution in [0.4, 0.5) is 0 Å². The Morgan fingerprint density at radius 1 is 1.12 bits per heavy atom. The summed E-state index contributed by atoms with van der Waals surface area (Å²) in [6.45, 7) is 10.3. The lowest BCUT2D eigenvalue weighted by molar-refractivity contribution is -0.142. The van der Waals surface area contributed by atoms with Crippen LogP contribution in [0.5, 0.6) is 0 Å². The number of rotatable bonds is 8. The van der Waals surface area contributed by atoms with Crippen molar-refractivity contribution in [1.29, 1.82) is 0 Å². The summed E-state index contributed by atoms with van der Waals surface area (Å²) in [5.74, 6) is -0.301. The molecule has 0 fully saturated rings. The fourth-order valence-electron chi connectivity index (χ4n) is 1.72. The number of carbonyl (C=O) groups is 1. The molecule has 0 bridgehead atoms. The molecule has 0 radical (unpaired) electrons. The van der Waals surface area contributed by atoms with E-state index in [0.29, 0.717) is 6.04 Å². The van der Waals surface area contributed by atoms with Gasteiger partial charge in [-0.15, -0.1) is 0 Å².